The van der Waals surface area contributed by atoms with Gasteiger partial charge in [0.2, 0.25) is 0 Å². The Morgan fingerprint density at radius 2 is 1.97 bits per heavy atom. The summed E-state index contributed by atoms with van der Waals surface area (Å²) >= 11 is 6.64. The van der Waals surface area contributed by atoms with E-state index in [9.17, 15) is 24.9 Å². The standard InChI is InChI=1S/C22H28ClFO5/c1-11-6-13-14-8-16(23)15-7-12(26)4-5-19(15,2)21(14,24)17(27)9-20(13,3)22(11,29)18(28)10-25/h4-5,7,11,13-14,16-17,25,27,29H,6,8-10H2,1-3H3/t11-,13+,14+,16+,17+,19+,20+,21+,22+/m1/s1. The summed E-state index contributed by atoms with van der Waals surface area (Å²) in [6, 6.07) is 0. The number of ketones is 2. The van der Waals surface area contributed by atoms with Gasteiger partial charge in [0.15, 0.2) is 17.2 Å². The summed E-state index contributed by atoms with van der Waals surface area (Å²) in [4.78, 5) is 24.5. The Labute approximate surface area is 174 Å². The maximum Gasteiger partial charge on any atom is 0.190 e. The number of hydrogen-bond acceptors (Lipinski definition) is 5. The summed E-state index contributed by atoms with van der Waals surface area (Å²) in [5.41, 5.74) is -5.79. The van der Waals surface area contributed by atoms with Gasteiger partial charge in [-0.1, -0.05) is 19.9 Å². The lowest BCUT2D eigenvalue weighted by Gasteiger charge is -2.63. The van der Waals surface area contributed by atoms with Crippen molar-refractivity contribution in [3.63, 3.8) is 0 Å². The van der Waals surface area contributed by atoms with E-state index in [0.29, 0.717) is 12.0 Å². The molecule has 4 rings (SSSR count). The molecule has 0 aromatic rings. The monoisotopic (exact) mass is 426 g/mol. The number of rotatable bonds is 2. The number of alkyl halides is 2. The zero-order chi connectivity index (χ0) is 21.6. The number of aliphatic hydroxyl groups excluding tert-OH is 2. The van der Waals surface area contributed by atoms with Crippen LogP contribution in [0.5, 0.6) is 0 Å². The second kappa shape index (κ2) is 6.22. The first-order valence-corrected chi connectivity index (χ1v) is 10.6. The highest BCUT2D eigenvalue weighted by Gasteiger charge is 2.76. The van der Waals surface area contributed by atoms with E-state index in [1.54, 1.807) is 20.8 Å². The van der Waals surface area contributed by atoms with Crippen LogP contribution in [0.4, 0.5) is 4.39 Å². The van der Waals surface area contributed by atoms with Crippen molar-refractivity contribution in [3.8, 4) is 0 Å². The molecule has 0 aromatic carbocycles. The van der Waals surface area contributed by atoms with Crippen molar-refractivity contribution < 1.29 is 29.3 Å². The van der Waals surface area contributed by atoms with Gasteiger partial charge in [0, 0.05) is 16.7 Å². The molecule has 7 heteroatoms. The van der Waals surface area contributed by atoms with E-state index in [4.69, 9.17) is 11.6 Å². The maximum absolute atomic E-state index is 17.0. The van der Waals surface area contributed by atoms with Crippen molar-refractivity contribution >= 4 is 23.2 Å². The van der Waals surface area contributed by atoms with Crippen LogP contribution >= 0.6 is 11.6 Å². The number of fused-ring (bicyclic) bond motifs is 5. The molecule has 0 amide bonds. The molecule has 0 bridgehead atoms. The predicted molar refractivity (Wildman–Crippen MR) is 105 cm³/mol. The lowest BCUT2D eigenvalue weighted by atomic mass is 9.44. The first-order chi connectivity index (χ1) is 13.4. The zero-order valence-electron chi connectivity index (χ0n) is 16.9. The van der Waals surface area contributed by atoms with Crippen molar-refractivity contribution in [3.05, 3.63) is 23.8 Å². The molecule has 3 fully saturated rings. The van der Waals surface area contributed by atoms with Gasteiger partial charge < -0.3 is 15.3 Å². The number of Topliss-reactive ketones (excluding diaryl/α,β-unsaturated/α-hetero) is 1. The SMILES string of the molecule is C[C@@H]1C[C@H]2[C@@H]3C[C@H](Cl)C4=CC(=O)C=C[C@]4(C)[C@@]3(F)[C@@H](O)C[C@]2(C)[C@@]1(O)C(=O)CO. The summed E-state index contributed by atoms with van der Waals surface area (Å²) < 4.78 is 17.0. The number of aliphatic hydroxyl groups is 3. The fourth-order valence-corrected chi connectivity index (χ4v) is 7.74. The van der Waals surface area contributed by atoms with Crippen LogP contribution in [0.2, 0.25) is 0 Å². The number of carbonyl (C=O) groups excluding carboxylic acids is 2. The Kier molecular flexibility index (Phi) is 4.54. The van der Waals surface area contributed by atoms with Crippen LogP contribution in [-0.4, -0.2) is 56.2 Å². The Bertz CT molecular complexity index is 841. The average molecular weight is 427 g/mol. The third kappa shape index (κ3) is 2.26. The zero-order valence-corrected chi connectivity index (χ0v) is 17.6. The number of allylic oxidation sites excluding steroid dienone is 4. The minimum atomic E-state index is -2.08. The van der Waals surface area contributed by atoms with Crippen LogP contribution in [0, 0.1) is 28.6 Å². The molecule has 0 aliphatic heterocycles. The summed E-state index contributed by atoms with van der Waals surface area (Å²) in [5.74, 6) is -2.55. The van der Waals surface area contributed by atoms with Gasteiger partial charge in [0.1, 0.15) is 12.2 Å². The summed E-state index contributed by atoms with van der Waals surface area (Å²) in [6.45, 7) is 4.31. The Balaban J connectivity index is 1.87. The van der Waals surface area contributed by atoms with Gasteiger partial charge in [0.25, 0.3) is 0 Å². The first-order valence-electron chi connectivity index (χ1n) is 10.2. The van der Waals surface area contributed by atoms with Crippen LogP contribution in [0.15, 0.2) is 23.8 Å². The van der Waals surface area contributed by atoms with Crippen LogP contribution in [-0.2, 0) is 9.59 Å². The molecule has 5 nitrogen and oxygen atoms in total. The van der Waals surface area contributed by atoms with Gasteiger partial charge in [-0.2, -0.15) is 0 Å². The van der Waals surface area contributed by atoms with Gasteiger partial charge in [-0.15, -0.1) is 11.6 Å². The third-order valence-corrected chi connectivity index (χ3v) is 9.19. The molecule has 0 spiro atoms. The van der Waals surface area contributed by atoms with Gasteiger partial charge in [-0.3, -0.25) is 9.59 Å². The van der Waals surface area contributed by atoms with Gasteiger partial charge >= 0.3 is 0 Å². The Hall–Kier alpha value is -1.08. The number of halogens is 2. The quantitative estimate of drug-likeness (QED) is 0.588. The van der Waals surface area contributed by atoms with Crippen molar-refractivity contribution in [1.29, 1.82) is 0 Å². The maximum atomic E-state index is 17.0. The van der Waals surface area contributed by atoms with Crippen molar-refractivity contribution in [2.24, 2.45) is 28.6 Å². The van der Waals surface area contributed by atoms with E-state index >= 15 is 4.39 Å². The molecule has 29 heavy (non-hydrogen) atoms. The summed E-state index contributed by atoms with van der Waals surface area (Å²) in [6.07, 6.45) is 3.22. The normalized spacial score (nSPS) is 53.7. The molecule has 0 radical (unpaired) electrons. The Morgan fingerprint density at radius 3 is 2.59 bits per heavy atom. The van der Waals surface area contributed by atoms with E-state index < -0.39 is 63.7 Å². The van der Waals surface area contributed by atoms with Gasteiger partial charge in [0.05, 0.1) is 11.5 Å². The molecule has 3 saturated carbocycles. The lowest BCUT2D eigenvalue weighted by molar-refractivity contribution is -0.219. The lowest BCUT2D eigenvalue weighted by Crippen LogP contribution is -2.70. The smallest absolute Gasteiger partial charge is 0.190 e. The van der Waals surface area contributed by atoms with Crippen LogP contribution in [0.3, 0.4) is 0 Å². The molecule has 0 aromatic heterocycles. The number of carbonyl (C=O) groups is 2. The largest absolute Gasteiger partial charge is 0.390 e. The number of hydrogen-bond donors (Lipinski definition) is 3. The van der Waals surface area contributed by atoms with E-state index in [0.717, 1.165) is 0 Å². The van der Waals surface area contributed by atoms with E-state index in [1.165, 1.54) is 18.2 Å². The van der Waals surface area contributed by atoms with Crippen molar-refractivity contribution in [1.82, 2.24) is 0 Å². The Morgan fingerprint density at radius 1 is 1.31 bits per heavy atom. The average Bonchev–Trinajstić information content (AvgIpc) is 2.86. The molecule has 9 atom stereocenters. The van der Waals surface area contributed by atoms with Crippen molar-refractivity contribution in [2.45, 2.75) is 62.8 Å². The van der Waals surface area contributed by atoms with E-state index in [1.807, 2.05) is 0 Å². The van der Waals surface area contributed by atoms with Crippen molar-refractivity contribution in [2.75, 3.05) is 6.61 Å². The highest BCUT2D eigenvalue weighted by molar-refractivity contribution is 6.23. The third-order valence-electron chi connectivity index (χ3n) is 8.78. The molecule has 160 valence electrons. The second-order valence-corrected chi connectivity index (χ2v) is 10.4. The molecular weight excluding hydrogens is 399 g/mol. The topological polar surface area (TPSA) is 94.8 Å². The van der Waals surface area contributed by atoms with Gasteiger partial charge in [-0.05, 0) is 55.7 Å². The fraction of sp³-hybridized carbons (Fsp3) is 0.727. The molecule has 0 saturated heterocycles. The minimum absolute atomic E-state index is 0.116. The van der Waals surface area contributed by atoms with Crippen LogP contribution in [0.25, 0.3) is 0 Å². The summed E-state index contributed by atoms with van der Waals surface area (Å²) in [7, 11) is 0. The second-order valence-electron chi connectivity index (χ2n) is 9.84. The molecular formula is C22H28ClFO5. The first kappa shape index (κ1) is 21.2. The van der Waals surface area contributed by atoms with Crippen LogP contribution in [0.1, 0.15) is 40.0 Å². The molecule has 4 aliphatic rings. The highest BCUT2D eigenvalue weighted by atomic mass is 35.5. The van der Waals surface area contributed by atoms with Gasteiger partial charge in [-0.25, -0.2) is 4.39 Å². The molecule has 0 heterocycles. The summed E-state index contributed by atoms with van der Waals surface area (Å²) in [5, 5.41) is 31.5. The van der Waals surface area contributed by atoms with Crippen LogP contribution < -0.4 is 0 Å². The molecule has 0 unspecified atom stereocenters. The molecule has 4 aliphatic carbocycles. The van der Waals surface area contributed by atoms with E-state index in [-0.39, 0.29) is 18.6 Å². The minimum Gasteiger partial charge on any atom is -0.390 e. The molecule has 3 N–H and O–H groups in total. The fourth-order valence-electron chi connectivity index (χ4n) is 7.25. The predicted octanol–water partition coefficient (Wildman–Crippen LogP) is 2.11. The van der Waals surface area contributed by atoms with E-state index in [2.05, 4.69) is 0 Å². The highest BCUT2D eigenvalue weighted by Crippen LogP contribution is 2.71.